The first-order chi connectivity index (χ1) is 10.0. The number of hydrogen-bond donors (Lipinski definition) is 1. The Labute approximate surface area is 129 Å². The summed E-state index contributed by atoms with van der Waals surface area (Å²) in [6.07, 6.45) is 4.64. The van der Waals surface area contributed by atoms with Gasteiger partial charge in [0.1, 0.15) is 0 Å². The zero-order chi connectivity index (χ0) is 15.2. The van der Waals surface area contributed by atoms with Gasteiger partial charge in [0.25, 0.3) is 0 Å². The maximum absolute atomic E-state index is 11.8. The van der Waals surface area contributed by atoms with E-state index in [4.69, 9.17) is 11.6 Å². The van der Waals surface area contributed by atoms with Crippen molar-refractivity contribution in [2.24, 2.45) is 0 Å². The Morgan fingerprint density at radius 3 is 2.81 bits per heavy atom. The van der Waals surface area contributed by atoms with Crippen molar-refractivity contribution in [3.8, 4) is 0 Å². The van der Waals surface area contributed by atoms with Gasteiger partial charge in [-0.2, -0.15) is 10.2 Å². The first-order valence-corrected chi connectivity index (χ1v) is 7.38. The smallest absolute Gasteiger partial charge is 0.221 e. The molecule has 6 nitrogen and oxygen atoms in total. The molecule has 0 spiro atoms. The SMILES string of the molecule is Cc1cc(C)n(CCC(=O)NCCCn2cc(Cl)cn2)n1. The molecular formula is C14H20ClN5O. The molecule has 0 unspecified atom stereocenters. The van der Waals surface area contributed by atoms with Crippen LogP contribution < -0.4 is 5.32 Å². The molecule has 0 fully saturated rings. The second kappa shape index (κ2) is 7.26. The molecule has 0 saturated carbocycles. The van der Waals surface area contributed by atoms with Crippen molar-refractivity contribution in [2.75, 3.05) is 6.54 Å². The number of nitrogens with one attached hydrogen (secondary N) is 1. The van der Waals surface area contributed by atoms with Crippen LogP contribution in [0.25, 0.3) is 0 Å². The van der Waals surface area contributed by atoms with E-state index in [-0.39, 0.29) is 5.91 Å². The summed E-state index contributed by atoms with van der Waals surface area (Å²) in [5.41, 5.74) is 2.06. The van der Waals surface area contributed by atoms with E-state index in [0.717, 1.165) is 24.4 Å². The van der Waals surface area contributed by atoms with Crippen LogP contribution in [-0.4, -0.2) is 32.0 Å². The van der Waals surface area contributed by atoms with Gasteiger partial charge in [0.15, 0.2) is 0 Å². The highest BCUT2D eigenvalue weighted by Crippen LogP contribution is 2.05. The van der Waals surface area contributed by atoms with Gasteiger partial charge in [-0.05, 0) is 26.3 Å². The zero-order valence-electron chi connectivity index (χ0n) is 12.3. The van der Waals surface area contributed by atoms with Crippen molar-refractivity contribution in [3.05, 3.63) is 34.9 Å². The minimum Gasteiger partial charge on any atom is -0.356 e. The van der Waals surface area contributed by atoms with Gasteiger partial charge in [0.2, 0.25) is 5.91 Å². The third-order valence-electron chi connectivity index (χ3n) is 3.14. The molecule has 0 saturated heterocycles. The first kappa shape index (κ1) is 15.6. The summed E-state index contributed by atoms with van der Waals surface area (Å²) in [5.74, 6) is 0.0426. The topological polar surface area (TPSA) is 64.7 Å². The zero-order valence-corrected chi connectivity index (χ0v) is 13.1. The Kier molecular flexibility index (Phi) is 5.38. The molecular weight excluding hydrogens is 290 g/mol. The number of hydrogen-bond acceptors (Lipinski definition) is 3. The van der Waals surface area contributed by atoms with Crippen LogP contribution in [0.5, 0.6) is 0 Å². The Morgan fingerprint density at radius 1 is 1.38 bits per heavy atom. The van der Waals surface area contributed by atoms with Crippen LogP contribution in [-0.2, 0) is 17.9 Å². The Hall–Kier alpha value is -1.82. The minimum absolute atomic E-state index is 0.0426. The lowest BCUT2D eigenvalue weighted by Crippen LogP contribution is -2.26. The van der Waals surface area contributed by atoms with E-state index in [1.807, 2.05) is 24.6 Å². The molecule has 2 heterocycles. The number of nitrogens with zero attached hydrogens (tertiary/aromatic N) is 4. The number of carbonyl (C=O) groups excluding carboxylic acids is 1. The highest BCUT2D eigenvalue weighted by molar-refractivity contribution is 6.30. The number of aromatic nitrogens is 4. The first-order valence-electron chi connectivity index (χ1n) is 7.00. The summed E-state index contributed by atoms with van der Waals surface area (Å²) >= 11 is 5.78. The number of rotatable bonds is 7. The summed E-state index contributed by atoms with van der Waals surface area (Å²) in [6, 6.07) is 2.01. The van der Waals surface area contributed by atoms with Gasteiger partial charge in [0, 0.05) is 37.9 Å². The van der Waals surface area contributed by atoms with Gasteiger partial charge < -0.3 is 5.32 Å². The van der Waals surface area contributed by atoms with Gasteiger partial charge in [-0.1, -0.05) is 11.6 Å². The summed E-state index contributed by atoms with van der Waals surface area (Å²) in [4.78, 5) is 11.8. The van der Waals surface area contributed by atoms with Gasteiger partial charge in [-0.25, -0.2) is 0 Å². The average molecular weight is 310 g/mol. The van der Waals surface area contributed by atoms with E-state index >= 15 is 0 Å². The van der Waals surface area contributed by atoms with Crippen molar-refractivity contribution >= 4 is 17.5 Å². The fourth-order valence-electron chi connectivity index (χ4n) is 2.13. The van der Waals surface area contributed by atoms with E-state index in [2.05, 4.69) is 15.5 Å². The molecule has 7 heteroatoms. The van der Waals surface area contributed by atoms with Crippen LogP contribution in [0.4, 0.5) is 0 Å². The lowest BCUT2D eigenvalue weighted by molar-refractivity contribution is -0.121. The van der Waals surface area contributed by atoms with Crippen molar-refractivity contribution in [3.63, 3.8) is 0 Å². The number of carbonyl (C=O) groups is 1. The molecule has 1 amide bonds. The number of halogens is 1. The van der Waals surface area contributed by atoms with Crippen LogP contribution in [0.3, 0.4) is 0 Å². The fourth-order valence-corrected chi connectivity index (χ4v) is 2.28. The summed E-state index contributed by atoms with van der Waals surface area (Å²) in [7, 11) is 0. The number of aryl methyl sites for hydroxylation is 4. The molecule has 114 valence electrons. The van der Waals surface area contributed by atoms with Crippen molar-refractivity contribution in [1.82, 2.24) is 24.9 Å². The normalized spacial score (nSPS) is 10.8. The molecule has 21 heavy (non-hydrogen) atoms. The molecule has 2 aromatic rings. The maximum atomic E-state index is 11.8. The average Bonchev–Trinajstić information content (AvgIpc) is 2.98. The van der Waals surface area contributed by atoms with Crippen LogP contribution in [0.2, 0.25) is 5.02 Å². The maximum Gasteiger partial charge on any atom is 0.221 e. The summed E-state index contributed by atoms with van der Waals surface area (Å²) in [5, 5.41) is 11.9. The Bertz CT molecular complexity index is 604. The second-order valence-corrected chi connectivity index (χ2v) is 5.46. The van der Waals surface area contributed by atoms with E-state index in [0.29, 0.717) is 24.5 Å². The van der Waals surface area contributed by atoms with E-state index < -0.39 is 0 Å². The summed E-state index contributed by atoms with van der Waals surface area (Å²) in [6.45, 7) is 5.93. The highest BCUT2D eigenvalue weighted by Gasteiger charge is 2.05. The van der Waals surface area contributed by atoms with Crippen LogP contribution in [0.15, 0.2) is 18.5 Å². The van der Waals surface area contributed by atoms with Crippen LogP contribution in [0, 0.1) is 13.8 Å². The fraction of sp³-hybridized carbons (Fsp3) is 0.500. The van der Waals surface area contributed by atoms with Crippen LogP contribution >= 0.6 is 11.6 Å². The lowest BCUT2D eigenvalue weighted by Gasteiger charge is -2.06. The highest BCUT2D eigenvalue weighted by atomic mass is 35.5. The molecule has 0 aliphatic carbocycles. The Balaban J connectivity index is 1.62. The third-order valence-corrected chi connectivity index (χ3v) is 3.34. The predicted octanol–water partition coefficient (Wildman–Crippen LogP) is 1.95. The largest absolute Gasteiger partial charge is 0.356 e. The molecule has 2 rings (SSSR count). The molecule has 2 aromatic heterocycles. The molecule has 0 bridgehead atoms. The van der Waals surface area contributed by atoms with Crippen LogP contribution in [0.1, 0.15) is 24.2 Å². The van der Waals surface area contributed by atoms with E-state index in [9.17, 15) is 4.79 Å². The van der Waals surface area contributed by atoms with Gasteiger partial charge in [-0.3, -0.25) is 14.2 Å². The molecule has 0 atom stereocenters. The van der Waals surface area contributed by atoms with Gasteiger partial charge in [-0.15, -0.1) is 0 Å². The number of amides is 1. The third kappa shape index (κ3) is 4.90. The van der Waals surface area contributed by atoms with E-state index in [1.54, 1.807) is 17.1 Å². The molecule has 0 aliphatic heterocycles. The summed E-state index contributed by atoms with van der Waals surface area (Å²) < 4.78 is 3.63. The van der Waals surface area contributed by atoms with Gasteiger partial charge in [0.05, 0.1) is 16.9 Å². The quantitative estimate of drug-likeness (QED) is 0.795. The van der Waals surface area contributed by atoms with Crippen molar-refractivity contribution in [1.29, 1.82) is 0 Å². The second-order valence-electron chi connectivity index (χ2n) is 5.03. The van der Waals surface area contributed by atoms with E-state index in [1.165, 1.54) is 0 Å². The molecule has 0 aliphatic rings. The van der Waals surface area contributed by atoms with Gasteiger partial charge >= 0.3 is 0 Å². The molecule has 0 radical (unpaired) electrons. The lowest BCUT2D eigenvalue weighted by atomic mass is 10.3. The Morgan fingerprint density at radius 2 is 2.19 bits per heavy atom. The van der Waals surface area contributed by atoms with Crippen molar-refractivity contribution < 1.29 is 4.79 Å². The minimum atomic E-state index is 0.0426. The monoisotopic (exact) mass is 309 g/mol. The molecule has 1 N–H and O–H groups in total. The standard InChI is InChI=1S/C14H20ClN5O/c1-11-8-12(2)20(18-11)7-4-14(21)16-5-3-6-19-10-13(15)9-17-19/h8-10H,3-7H2,1-2H3,(H,16,21). The molecule has 0 aromatic carbocycles. The van der Waals surface area contributed by atoms with Crippen molar-refractivity contribution in [2.45, 2.75) is 39.8 Å². The predicted molar refractivity (Wildman–Crippen MR) is 81.2 cm³/mol.